The predicted octanol–water partition coefficient (Wildman–Crippen LogP) is 1.48. The minimum Gasteiger partial charge on any atom is -0.331 e. The van der Waals surface area contributed by atoms with Crippen LogP contribution in [-0.4, -0.2) is 35.8 Å². The van der Waals surface area contributed by atoms with Crippen LogP contribution in [0, 0.1) is 0 Å². The van der Waals surface area contributed by atoms with Crippen molar-refractivity contribution in [1.82, 2.24) is 4.90 Å². The third-order valence-corrected chi connectivity index (χ3v) is 4.16. The van der Waals surface area contributed by atoms with Gasteiger partial charge in [-0.3, -0.25) is 9.59 Å². The van der Waals surface area contributed by atoms with E-state index in [1.807, 2.05) is 16.8 Å². The Hall–Kier alpha value is -1.36. The molecule has 2 fully saturated rings. The lowest BCUT2D eigenvalue weighted by atomic mass is 10.2. The van der Waals surface area contributed by atoms with Crippen molar-refractivity contribution in [2.24, 2.45) is 0 Å². The monoisotopic (exact) mass is 250 g/mol. The highest BCUT2D eigenvalue weighted by Crippen LogP contribution is 2.27. The Morgan fingerprint density at radius 3 is 2.94 bits per heavy atom. The van der Waals surface area contributed by atoms with Gasteiger partial charge in [-0.05, 0) is 24.3 Å². The van der Waals surface area contributed by atoms with Crippen molar-refractivity contribution in [3.63, 3.8) is 0 Å². The number of fused-ring (bicyclic) bond motifs is 1. The van der Waals surface area contributed by atoms with Gasteiger partial charge in [-0.1, -0.05) is 0 Å². The first-order valence-electron chi connectivity index (χ1n) is 5.90. The molecule has 0 radical (unpaired) electrons. The number of nitrogens with zero attached hydrogens (tertiary/aromatic N) is 2. The third-order valence-electron chi connectivity index (χ3n) is 3.49. The number of rotatable bonds is 1. The molecular weight excluding hydrogens is 236 g/mol. The van der Waals surface area contributed by atoms with Gasteiger partial charge in [0.25, 0.3) is 0 Å². The number of thiophene rings is 1. The van der Waals surface area contributed by atoms with Crippen LogP contribution >= 0.6 is 11.3 Å². The van der Waals surface area contributed by atoms with Crippen LogP contribution in [0.5, 0.6) is 0 Å². The molecule has 0 spiro atoms. The van der Waals surface area contributed by atoms with Crippen molar-refractivity contribution in [1.29, 1.82) is 0 Å². The van der Waals surface area contributed by atoms with E-state index in [4.69, 9.17) is 0 Å². The molecule has 2 amide bonds. The lowest BCUT2D eigenvalue weighted by molar-refractivity contribution is -0.135. The molecule has 0 N–H and O–H groups in total. The summed E-state index contributed by atoms with van der Waals surface area (Å²) in [7, 11) is 0. The van der Waals surface area contributed by atoms with Crippen LogP contribution < -0.4 is 4.90 Å². The quantitative estimate of drug-likeness (QED) is 0.757. The van der Waals surface area contributed by atoms with Gasteiger partial charge in [0.1, 0.15) is 6.04 Å². The number of carbonyl (C=O) groups is 2. The van der Waals surface area contributed by atoms with E-state index < -0.39 is 0 Å². The summed E-state index contributed by atoms with van der Waals surface area (Å²) in [6.07, 6.45) is 2.20. The zero-order chi connectivity index (χ0) is 11.8. The summed E-state index contributed by atoms with van der Waals surface area (Å²) in [5, 5.41) is 3.93. The van der Waals surface area contributed by atoms with Gasteiger partial charge in [0.2, 0.25) is 11.8 Å². The van der Waals surface area contributed by atoms with Crippen molar-refractivity contribution < 1.29 is 9.59 Å². The van der Waals surface area contributed by atoms with E-state index >= 15 is 0 Å². The highest BCUT2D eigenvalue weighted by molar-refractivity contribution is 7.08. The minimum absolute atomic E-state index is 0.0896. The van der Waals surface area contributed by atoms with Crippen LogP contribution in [0.1, 0.15) is 19.3 Å². The molecule has 2 saturated heterocycles. The van der Waals surface area contributed by atoms with Crippen LogP contribution in [0.3, 0.4) is 0 Å². The van der Waals surface area contributed by atoms with Crippen molar-refractivity contribution in [2.45, 2.75) is 25.3 Å². The summed E-state index contributed by atoms with van der Waals surface area (Å²) in [4.78, 5) is 27.8. The van der Waals surface area contributed by atoms with Crippen LogP contribution in [0.4, 0.5) is 5.69 Å². The molecule has 17 heavy (non-hydrogen) atoms. The molecule has 1 aromatic heterocycles. The second-order valence-electron chi connectivity index (χ2n) is 4.47. The van der Waals surface area contributed by atoms with Crippen molar-refractivity contribution in [2.75, 3.05) is 18.0 Å². The number of anilines is 1. The molecule has 2 aliphatic rings. The number of hydrogen-bond donors (Lipinski definition) is 0. The molecule has 1 aromatic rings. The normalized spacial score (nSPS) is 25.1. The number of hydrogen-bond acceptors (Lipinski definition) is 3. The van der Waals surface area contributed by atoms with E-state index in [-0.39, 0.29) is 17.9 Å². The largest absolute Gasteiger partial charge is 0.331 e. The average molecular weight is 250 g/mol. The molecule has 4 nitrogen and oxygen atoms in total. The molecule has 5 heteroatoms. The van der Waals surface area contributed by atoms with E-state index in [9.17, 15) is 9.59 Å². The molecule has 0 aliphatic carbocycles. The Morgan fingerprint density at radius 1 is 1.29 bits per heavy atom. The fourth-order valence-electron chi connectivity index (χ4n) is 2.63. The second-order valence-corrected chi connectivity index (χ2v) is 5.25. The summed E-state index contributed by atoms with van der Waals surface area (Å²) in [6.45, 7) is 1.26. The first kappa shape index (κ1) is 10.8. The first-order valence-corrected chi connectivity index (χ1v) is 6.85. The Kier molecular flexibility index (Phi) is 2.63. The fraction of sp³-hybridized carbons (Fsp3) is 0.500. The molecule has 0 aromatic carbocycles. The molecule has 1 unspecified atom stereocenters. The van der Waals surface area contributed by atoms with E-state index in [2.05, 4.69) is 0 Å². The maximum absolute atomic E-state index is 12.4. The molecule has 90 valence electrons. The van der Waals surface area contributed by atoms with Crippen LogP contribution in [0.15, 0.2) is 16.8 Å². The Balaban J connectivity index is 1.92. The summed E-state index contributed by atoms with van der Waals surface area (Å²) in [6, 6.07) is 1.72. The summed E-state index contributed by atoms with van der Waals surface area (Å²) in [5.74, 6) is 0.213. The van der Waals surface area contributed by atoms with Crippen LogP contribution in [0.2, 0.25) is 0 Å². The molecular formula is C12H14N2O2S. The molecule has 1 atom stereocenters. The molecule has 0 bridgehead atoms. The Bertz CT molecular complexity index is 443. The molecule has 3 rings (SSSR count). The molecule has 0 saturated carbocycles. The zero-order valence-corrected chi connectivity index (χ0v) is 10.3. The topological polar surface area (TPSA) is 40.6 Å². The van der Waals surface area contributed by atoms with E-state index in [0.717, 1.165) is 25.1 Å². The Labute approximate surface area is 104 Å². The van der Waals surface area contributed by atoms with Gasteiger partial charge in [-0.25, -0.2) is 0 Å². The summed E-state index contributed by atoms with van der Waals surface area (Å²) in [5.41, 5.74) is 0.932. The Morgan fingerprint density at radius 2 is 2.18 bits per heavy atom. The highest BCUT2D eigenvalue weighted by Gasteiger charge is 2.39. The molecule has 2 aliphatic heterocycles. The van der Waals surface area contributed by atoms with Crippen molar-refractivity contribution in [3.05, 3.63) is 16.8 Å². The number of amides is 2. The average Bonchev–Trinajstić information content (AvgIpc) is 2.98. The third kappa shape index (κ3) is 1.74. The van der Waals surface area contributed by atoms with Gasteiger partial charge in [0.05, 0.1) is 5.69 Å². The maximum atomic E-state index is 12.4. The highest BCUT2D eigenvalue weighted by atomic mass is 32.1. The van der Waals surface area contributed by atoms with Gasteiger partial charge in [-0.15, -0.1) is 0 Å². The summed E-state index contributed by atoms with van der Waals surface area (Å²) < 4.78 is 0. The van der Waals surface area contributed by atoms with Gasteiger partial charge in [-0.2, -0.15) is 11.3 Å². The van der Waals surface area contributed by atoms with Gasteiger partial charge >= 0.3 is 0 Å². The van der Waals surface area contributed by atoms with Crippen LogP contribution in [0.25, 0.3) is 0 Å². The predicted molar refractivity (Wildman–Crippen MR) is 66.0 cm³/mol. The van der Waals surface area contributed by atoms with Crippen molar-refractivity contribution in [3.8, 4) is 0 Å². The molecule has 3 heterocycles. The second kappa shape index (κ2) is 4.14. The van der Waals surface area contributed by atoms with Gasteiger partial charge in [0.15, 0.2) is 0 Å². The smallest absolute Gasteiger partial charge is 0.249 e. The van der Waals surface area contributed by atoms with Gasteiger partial charge < -0.3 is 9.80 Å². The lowest BCUT2D eigenvalue weighted by Crippen LogP contribution is -2.43. The SMILES string of the molecule is O=C1C2CCCN2C(=O)CCN1c1ccsc1. The lowest BCUT2D eigenvalue weighted by Gasteiger charge is -2.24. The van der Waals surface area contributed by atoms with E-state index in [1.54, 1.807) is 21.1 Å². The zero-order valence-electron chi connectivity index (χ0n) is 9.46. The van der Waals surface area contributed by atoms with E-state index in [0.29, 0.717) is 13.0 Å². The van der Waals surface area contributed by atoms with Gasteiger partial charge in [0, 0.05) is 24.9 Å². The van der Waals surface area contributed by atoms with Crippen molar-refractivity contribution >= 4 is 28.8 Å². The van der Waals surface area contributed by atoms with E-state index in [1.165, 1.54) is 0 Å². The first-order chi connectivity index (χ1) is 8.27. The standard InChI is InChI=1S/C12H14N2O2S/c15-11-3-6-13(9-4-7-17-8-9)12(16)10-2-1-5-14(10)11/h4,7-8,10H,1-3,5-6H2. The maximum Gasteiger partial charge on any atom is 0.249 e. The van der Waals surface area contributed by atoms with Crippen LogP contribution in [-0.2, 0) is 9.59 Å². The fourth-order valence-corrected chi connectivity index (χ4v) is 3.27. The minimum atomic E-state index is -0.218. The number of carbonyl (C=O) groups excluding carboxylic acids is 2. The summed E-state index contributed by atoms with van der Waals surface area (Å²) >= 11 is 1.58.